The summed E-state index contributed by atoms with van der Waals surface area (Å²) in [5, 5.41) is 17.1. The van der Waals surface area contributed by atoms with Crippen molar-refractivity contribution in [2.45, 2.75) is 25.0 Å². The molecule has 0 fully saturated rings. The third kappa shape index (κ3) is 4.11. The first-order chi connectivity index (χ1) is 14.5. The minimum atomic E-state index is -0.408. The van der Waals surface area contributed by atoms with Gasteiger partial charge in [0, 0.05) is 5.75 Å². The first-order valence-electron chi connectivity index (χ1n) is 9.35. The summed E-state index contributed by atoms with van der Waals surface area (Å²) in [6, 6.07) is 16.5. The van der Waals surface area contributed by atoms with Gasteiger partial charge in [0.15, 0.2) is 11.2 Å². The fraction of sp³-hybridized carbons (Fsp3) is 0.190. The summed E-state index contributed by atoms with van der Waals surface area (Å²) in [4.78, 5) is 21.7. The lowest BCUT2D eigenvalue weighted by Crippen LogP contribution is -2.36. The highest BCUT2D eigenvalue weighted by Gasteiger charge is 2.15. The average molecular weight is 421 g/mol. The zero-order chi connectivity index (χ0) is 21.1. The van der Waals surface area contributed by atoms with Crippen molar-refractivity contribution in [3.8, 4) is 5.69 Å². The van der Waals surface area contributed by atoms with Crippen LogP contribution in [0.4, 0.5) is 5.88 Å². The Morgan fingerprint density at radius 3 is 2.67 bits per heavy atom. The van der Waals surface area contributed by atoms with E-state index >= 15 is 0 Å². The maximum absolute atomic E-state index is 13.1. The zero-order valence-electron chi connectivity index (χ0n) is 16.4. The lowest BCUT2D eigenvalue weighted by atomic mass is 10.2. The summed E-state index contributed by atoms with van der Waals surface area (Å²) >= 11 is 1.15. The fourth-order valence-electron chi connectivity index (χ4n) is 2.84. The van der Waals surface area contributed by atoms with Crippen LogP contribution in [0.3, 0.4) is 0 Å². The second-order valence-corrected chi connectivity index (χ2v) is 7.74. The molecule has 0 aliphatic rings. The zero-order valence-corrected chi connectivity index (χ0v) is 17.2. The average Bonchev–Trinajstić information content (AvgIpc) is 3.22. The third-order valence-electron chi connectivity index (χ3n) is 4.32. The molecular formula is C21H19N5O3S. The fourth-order valence-corrected chi connectivity index (χ4v) is 3.63. The number of rotatable bonds is 6. The molecule has 152 valence electrons. The highest BCUT2D eigenvalue weighted by Crippen LogP contribution is 2.21. The largest absolute Gasteiger partial charge is 0.861 e. The molecule has 0 bridgehead atoms. The standard InChI is InChI=1S/C21H19N5O3S/c1-14(2)25-12-19(29-24-25)23-18(27)13-30-21-22-17-11-7-6-10-16(17)20(28)26(21)15-8-4-3-5-9-15/h3-12,14H,13H2,1-2H3. The predicted molar refractivity (Wildman–Crippen MR) is 112 cm³/mol. The van der Waals surface area contributed by atoms with E-state index in [-0.39, 0.29) is 23.2 Å². The highest BCUT2D eigenvalue weighted by atomic mass is 32.2. The number of benzene rings is 2. The summed E-state index contributed by atoms with van der Waals surface area (Å²) in [5.74, 6) is -0.268. The number of aromatic nitrogens is 4. The van der Waals surface area contributed by atoms with Gasteiger partial charge in [-0.3, -0.25) is 13.9 Å². The van der Waals surface area contributed by atoms with Crippen molar-refractivity contribution in [3.63, 3.8) is 0 Å². The highest BCUT2D eigenvalue weighted by molar-refractivity contribution is 7.99. The van der Waals surface area contributed by atoms with Gasteiger partial charge in [0.25, 0.3) is 11.8 Å². The Hall–Kier alpha value is -3.46. The van der Waals surface area contributed by atoms with Crippen molar-refractivity contribution in [2.75, 3.05) is 5.75 Å². The van der Waals surface area contributed by atoms with E-state index in [1.165, 1.54) is 4.57 Å². The van der Waals surface area contributed by atoms with Crippen molar-refractivity contribution in [2.24, 2.45) is 4.99 Å². The quantitative estimate of drug-likeness (QED) is 0.156. The second-order valence-electron chi connectivity index (χ2n) is 6.80. The SMILES string of the molecule is CC(C)[n+]1cc(/N=C(/[O-])CSc2nc3ccccc3c(=O)n2-c2ccccc2)on1. The van der Waals surface area contributed by atoms with E-state index in [1.54, 1.807) is 29.1 Å². The molecule has 0 radical (unpaired) electrons. The number of para-hydroxylation sites is 2. The molecule has 0 amide bonds. The Morgan fingerprint density at radius 2 is 1.93 bits per heavy atom. The van der Waals surface area contributed by atoms with Crippen molar-refractivity contribution < 1.29 is 14.3 Å². The molecule has 0 atom stereocenters. The molecule has 0 saturated heterocycles. The van der Waals surface area contributed by atoms with Crippen LogP contribution in [0.25, 0.3) is 16.6 Å². The van der Waals surface area contributed by atoms with Crippen LogP contribution in [-0.4, -0.2) is 26.5 Å². The summed E-state index contributed by atoms with van der Waals surface area (Å²) < 4.78 is 8.16. The van der Waals surface area contributed by atoms with Crippen molar-refractivity contribution in [3.05, 3.63) is 71.1 Å². The molecule has 9 heteroatoms. The molecule has 0 unspecified atom stereocenters. The lowest BCUT2D eigenvalue weighted by Gasteiger charge is -2.14. The Balaban J connectivity index is 1.67. The van der Waals surface area contributed by atoms with E-state index in [9.17, 15) is 9.90 Å². The smallest absolute Gasteiger partial charge is 0.320 e. The first kappa shape index (κ1) is 19.8. The summed E-state index contributed by atoms with van der Waals surface area (Å²) in [5.41, 5.74) is 1.07. The molecule has 2 aromatic carbocycles. The maximum atomic E-state index is 13.1. The Kier molecular flexibility index (Phi) is 5.62. The molecule has 0 aliphatic heterocycles. The molecule has 2 aromatic heterocycles. The van der Waals surface area contributed by atoms with E-state index < -0.39 is 5.90 Å². The van der Waals surface area contributed by atoms with Gasteiger partial charge in [-0.05, 0) is 48.7 Å². The van der Waals surface area contributed by atoms with Gasteiger partial charge in [-0.25, -0.2) is 9.98 Å². The first-order valence-corrected chi connectivity index (χ1v) is 10.3. The minimum absolute atomic E-state index is 0.00000756. The molecule has 4 rings (SSSR count). The van der Waals surface area contributed by atoms with Crippen LogP contribution in [0.2, 0.25) is 0 Å². The second kappa shape index (κ2) is 8.50. The van der Waals surface area contributed by atoms with Crippen LogP contribution in [0.5, 0.6) is 0 Å². The molecule has 30 heavy (non-hydrogen) atoms. The number of nitrogens with zero attached hydrogens (tertiary/aromatic N) is 5. The number of hydrogen-bond acceptors (Lipinski definition) is 7. The predicted octanol–water partition coefficient (Wildman–Crippen LogP) is 2.42. The molecule has 0 N–H and O–H groups in total. The third-order valence-corrected chi connectivity index (χ3v) is 5.24. The van der Waals surface area contributed by atoms with Gasteiger partial charge in [0.2, 0.25) is 5.27 Å². The van der Waals surface area contributed by atoms with Gasteiger partial charge in [-0.15, -0.1) is 0 Å². The molecule has 8 nitrogen and oxygen atoms in total. The number of thioether (sulfide) groups is 1. The summed E-state index contributed by atoms with van der Waals surface area (Å²) in [6.45, 7) is 3.89. The van der Waals surface area contributed by atoms with E-state index in [1.807, 2.05) is 50.2 Å². The van der Waals surface area contributed by atoms with Gasteiger partial charge in [-0.2, -0.15) is 0 Å². The van der Waals surface area contributed by atoms with Gasteiger partial charge in [0.05, 0.1) is 16.6 Å². The van der Waals surface area contributed by atoms with Crippen LogP contribution in [0, 0.1) is 0 Å². The molecular weight excluding hydrogens is 402 g/mol. The van der Waals surface area contributed by atoms with E-state index in [0.717, 1.165) is 11.8 Å². The van der Waals surface area contributed by atoms with Gasteiger partial charge < -0.3 is 5.11 Å². The molecule has 4 aromatic rings. The van der Waals surface area contributed by atoms with Crippen molar-refractivity contribution in [1.29, 1.82) is 0 Å². The normalized spacial score (nSPS) is 12.0. The summed E-state index contributed by atoms with van der Waals surface area (Å²) in [6.07, 6.45) is 1.57. The molecule has 0 spiro atoms. The molecule has 0 aliphatic carbocycles. The van der Waals surface area contributed by atoms with Crippen LogP contribution in [0.15, 0.2) is 80.3 Å². The minimum Gasteiger partial charge on any atom is -0.861 e. The molecule has 0 saturated carbocycles. The lowest BCUT2D eigenvalue weighted by molar-refractivity contribution is -0.779. The van der Waals surface area contributed by atoms with E-state index in [4.69, 9.17) is 4.52 Å². The summed E-state index contributed by atoms with van der Waals surface area (Å²) in [7, 11) is 0. The Morgan fingerprint density at radius 1 is 1.20 bits per heavy atom. The Labute approximate surface area is 176 Å². The van der Waals surface area contributed by atoms with Gasteiger partial charge >= 0.3 is 5.88 Å². The Bertz CT molecular complexity index is 1260. The number of hydrogen-bond donors (Lipinski definition) is 0. The maximum Gasteiger partial charge on any atom is 0.320 e. The van der Waals surface area contributed by atoms with Crippen LogP contribution in [-0.2, 0) is 0 Å². The molecule has 2 heterocycles. The van der Waals surface area contributed by atoms with Crippen LogP contribution in [0.1, 0.15) is 19.9 Å². The van der Waals surface area contributed by atoms with Crippen molar-refractivity contribution >= 4 is 34.4 Å². The topological polar surface area (TPSA) is 100 Å². The number of fused-ring (bicyclic) bond motifs is 1. The number of aliphatic imine (C=N–C) groups is 1. The van der Waals surface area contributed by atoms with Crippen molar-refractivity contribution in [1.82, 2.24) is 14.8 Å². The van der Waals surface area contributed by atoms with E-state index in [2.05, 4.69) is 15.2 Å². The monoisotopic (exact) mass is 421 g/mol. The van der Waals surface area contributed by atoms with E-state index in [0.29, 0.717) is 21.7 Å². The van der Waals surface area contributed by atoms with Crippen LogP contribution < -0.4 is 15.3 Å². The van der Waals surface area contributed by atoms with Crippen LogP contribution >= 0.6 is 11.8 Å². The van der Waals surface area contributed by atoms with Gasteiger partial charge in [-0.1, -0.05) is 42.1 Å². The van der Waals surface area contributed by atoms with Gasteiger partial charge in [0.1, 0.15) is 0 Å².